The third-order valence-electron chi connectivity index (χ3n) is 6.92. The number of aromatic carboxylic acids is 1. The first-order valence-electron chi connectivity index (χ1n) is 11.2. The minimum atomic E-state index is -3.74. The Morgan fingerprint density at radius 3 is 2.47 bits per heavy atom. The number of hydrogen-bond donors (Lipinski definition) is 3. The lowest BCUT2D eigenvalue weighted by Crippen LogP contribution is -2.29. The topological polar surface area (TPSA) is 95.5 Å². The Morgan fingerprint density at radius 1 is 1.00 bits per heavy atom. The number of carboxylic acid groups (broad SMARTS) is 1. The van der Waals surface area contributed by atoms with E-state index in [1.807, 2.05) is 44.2 Å². The Kier molecular flexibility index (Phi) is 5.44. The molecule has 5 rings (SSSR count). The van der Waals surface area contributed by atoms with Crippen molar-refractivity contribution in [2.75, 3.05) is 10.0 Å². The Bertz CT molecular complexity index is 1410. The van der Waals surface area contributed by atoms with Crippen LogP contribution in [0.5, 0.6) is 0 Å². The first kappa shape index (κ1) is 22.2. The fourth-order valence-electron chi connectivity index (χ4n) is 4.92. The minimum absolute atomic E-state index is 0.00598. The average molecular weight is 475 g/mol. The first-order valence-corrected chi connectivity index (χ1v) is 12.7. The lowest BCUT2D eigenvalue weighted by molar-refractivity contribution is 0.0697. The van der Waals surface area contributed by atoms with E-state index in [4.69, 9.17) is 0 Å². The molecule has 1 aliphatic carbocycles. The molecule has 0 aromatic heterocycles. The van der Waals surface area contributed by atoms with Gasteiger partial charge in [-0.2, -0.15) is 0 Å². The van der Waals surface area contributed by atoms with Gasteiger partial charge in [-0.25, -0.2) is 13.2 Å². The van der Waals surface area contributed by atoms with Gasteiger partial charge in [0.1, 0.15) is 0 Å². The Labute approximate surface area is 199 Å². The molecule has 0 fully saturated rings. The van der Waals surface area contributed by atoms with Gasteiger partial charge in [-0.1, -0.05) is 30.4 Å². The van der Waals surface area contributed by atoms with Gasteiger partial charge in [0, 0.05) is 17.3 Å². The summed E-state index contributed by atoms with van der Waals surface area (Å²) in [4.78, 5) is 11.4. The van der Waals surface area contributed by atoms with Crippen molar-refractivity contribution in [2.45, 2.75) is 37.1 Å². The molecular weight excluding hydrogens is 448 g/mol. The van der Waals surface area contributed by atoms with Crippen molar-refractivity contribution >= 4 is 27.4 Å². The normalized spacial score (nSPS) is 20.8. The molecule has 1 heterocycles. The van der Waals surface area contributed by atoms with Gasteiger partial charge >= 0.3 is 5.97 Å². The third kappa shape index (κ3) is 3.96. The van der Waals surface area contributed by atoms with Crippen LogP contribution in [0, 0.1) is 19.8 Å². The van der Waals surface area contributed by atoms with Crippen molar-refractivity contribution in [3.63, 3.8) is 0 Å². The van der Waals surface area contributed by atoms with Gasteiger partial charge in [0.15, 0.2) is 0 Å². The number of carboxylic acids is 1. The molecule has 174 valence electrons. The van der Waals surface area contributed by atoms with Crippen LogP contribution in [0.3, 0.4) is 0 Å². The maximum atomic E-state index is 13.2. The highest BCUT2D eigenvalue weighted by Crippen LogP contribution is 2.50. The first-order chi connectivity index (χ1) is 16.2. The van der Waals surface area contributed by atoms with E-state index in [1.54, 1.807) is 30.3 Å². The highest BCUT2D eigenvalue weighted by atomic mass is 32.2. The quantitative estimate of drug-likeness (QED) is 0.417. The second kappa shape index (κ2) is 8.33. The van der Waals surface area contributed by atoms with Crippen LogP contribution in [0.4, 0.5) is 11.4 Å². The summed E-state index contributed by atoms with van der Waals surface area (Å²) >= 11 is 0. The van der Waals surface area contributed by atoms with Gasteiger partial charge in [0.05, 0.1) is 16.5 Å². The summed E-state index contributed by atoms with van der Waals surface area (Å²) in [5.41, 5.74) is 5.80. The molecule has 3 aromatic rings. The highest BCUT2D eigenvalue weighted by molar-refractivity contribution is 7.92. The lowest BCUT2D eigenvalue weighted by atomic mass is 9.77. The summed E-state index contributed by atoms with van der Waals surface area (Å²) in [6, 6.07) is 17.7. The van der Waals surface area contributed by atoms with Crippen LogP contribution >= 0.6 is 0 Å². The fraction of sp³-hybridized carbons (Fsp3) is 0.222. The standard InChI is InChI=1S/C27H26N2O4S/c1-16-6-11-20(14-17(16)2)29-34(32,33)21-12-13-25-24(15-21)22-4-3-5-23(22)26(28-25)18-7-9-19(10-8-18)27(30)31/h3-4,6-15,22-23,26,28-29H,5H2,1-2H3,(H,30,31)/t22-,23+,26+/m1/s1. The largest absolute Gasteiger partial charge is 0.478 e. The molecule has 0 spiro atoms. The number of rotatable bonds is 5. The summed E-state index contributed by atoms with van der Waals surface area (Å²) in [5.74, 6) is -0.650. The van der Waals surface area contributed by atoms with Gasteiger partial charge in [0.2, 0.25) is 0 Å². The van der Waals surface area contributed by atoms with E-state index in [9.17, 15) is 18.3 Å². The van der Waals surface area contributed by atoms with Gasteiger partial charge in [0.25, 0.3) is 10.0 Å². The second-order valence-electron chi connectivity index (χ2n) is 9.06. The molecule has 0 saturated carbocycles. The maximum Gasteiger partial charge on any atom is 0.335 e. The van der Waals surface area contributed by atoms with E-state index < -0.39 is 16.0 Å². The van der Waals surface area contributed by atoms with Crippen molar-refractivity contribution in [3.8, 4) is 0 Å². The maximum absolute atomic E-state index is 13.2. The second-order valence-corrected chi connectivity index (χ2v) is 10.7. The van der Waals surface area contributed by atoms with E-state index in [1.165, 1.54) is 0 Å². The predicted octanol–water partition coefficient (Wildman–Crippen LogP) is 5.63. The Balaban J connectivity index is 1.46. The Morgan fingerprint density at radius 2 is 1.76 bits per heavy atom. The van der Waals surface area contributed by atoms with Crippen LogP contribution in [0.1, 0.15) is 51.0 Å². The monoisotopic (exact) mass is 474 g/mol. The number of benzene rings is 3. The van der Waals surface area contributed by atoms with E-state index in [0.717, 1.165) is 34.4 Å². The summed E-state index contributed by atoms with van der Waals surface area (Å²) in [6.07, 6.45) is 5.15. The van der Waals surface area contributed by atoms with Crippen LogP contribution in [0.2, 0.25) is 0 Å². The molecule has 0 unspecified atom stereocenters. The van der Waals surface area contributed by atoms with E-state index >= 15 is 0 Å². The fourth-order valence-corrected chi connectivity index (χ4v) is 6.01. The molecule has 2 aliphatic rings. The minimum Gasteiger partial charge on any atom is -0.478 e. The van der Waals surface area contributed by atoms with Crippen molar-refractivity contribution in [2.24, 2.45) is 5.92 Å². The van der Waals surface area contributed by atoms with Crippen molar-refractivity contribution < 1.29 is 18.3 Å². The zero-order valence-electron chi connectivity index (χ0n) is 18.9. The number of allylic oxidation sites excluding steroid dienone is 2. The van der Waals surface area contributed by atoms with Gasteiger partial charge in [-0.05, 0) is 90.9 Å². The summed E-state index contributed by atoms with van der Waals surface area (Å²) in [5, 5.41) is 12.8. The molecule has 7 heteroatoms. The number of carbonyl (C=O) groups is 1. The van der Waals surface area contributed by atoms with Crippen LogP contribution < -0.4 is 10.0 Å². The molecule has 3 aromatic carbocycles. The molecule has 0 radical (unpaired) electrons. The molecule has 1 aliphatic heterocycles. The van der Waals surface area contributed by atoms with E-state index in [0.29, 0.717) is 5.69 Å². The Hall–Kier alpha value is -3.58. The van der Waals surface area contributed by atoms with Gasteiger partial charge in [-0.15, -0.1) is 0 Å². The zero-order chi connectivity index (χ0) is 24.0. The summed E-state index contributed by atoms with van der Waals surface area (Å²) in [7, 11) is -3.74. The lowest BCUT2D eigenvalue weighted by Gasteiger charge is -2.37. The SMILES string of the molecule is Cc1ccc(NS(=O)(=O)c2ccc3c(c2)[C@@H]2C=CC[C@@H]2[C@H](c2ccc(C(=O)O)cc2)N3)cc1C. The molecule has 34 heavy (non-hydrogen) atoms. The van der Waals surface area contributed by atoms with Crippen molar-refractivity contribution in [3.05, 3.63) is 101 Å². The molecule has 6 nitrogen and oxygen atoms in total. The molecule has 0 amide bonds. The molecule has 3 N–H and O–H groups in total. The summed E-state index contributed by atoms with van der Waals surface area (Å²) in [6.45, 7) is 3.94. The molecule has 0 saturated heterocycles. The van der Waals surface area contributed by atoms with Crippen molar-refractivity contribution in [1.82, 2.24) is 0 Å². The van der Waals surface area contributed by atoms with Crippen LogP contribution in [-0.4, -0.2) is 19.5 Å². The van der Waals surface area contributed by atoms with Crippen molar-refractivity contribution in [1.29, 1.82) is 0 Å². The van der Waals surface area contributed by atoms with E-state index in [-0.39, 0.29) is 28.3 Å². The van der Waals surface area contributed by atoms with Crippen LogP contribution in [0.15, 0.2) is 77.7 Å². The highest BCUT2D eigenvalue weighted by Gasteiger charge is 2.38. The number of aryl methyl sites for hydroxylation is 2. The van der Waals surface area contributed by atoms with Crippen LogP contribution in [0.25, 0.3) is 0 Å². The number of fused-ring (bicyclic) bond motifs is 3. The smallest absolute Gasteiger partial charge is 0.335 e. The number of hydrogen-bond acceptors (Lipinski definition) is 4. The number of sulfonamides is 1. The van der Waals surface area contributed by atoms with Gasteiger partial charge in [-0.3, -0.25) is 4.72 Å². The zero-order valence-corrected chi connectivity index (χ0v) is 19.8. The molecule has 3 atom stereocenters. The molecular formula is C27H26N2O4S. The average Bonchev–Trinajstić information content (AvgIpc) is 3.31. The molecule has 0 bridgehead atoms. The predicted molar refractivity (Wildman–Crippen MR) is 133 cm³/mol. The third-order valence-corrected chi connectivity index (χ3v) is 8.30. The summed E-state index contributed by atoms with van der Waals surface area (Å²) < 4.78 is 29.0. The number of anilines is 2. The van der Waals surface area contributed by atoms with E-state index in [2.05, 4.69) is 22.2 Å². The number of nitrogens with one attached hydrogen (secondary N) is 2. The van der Waals surface area contributed by atoms with Gasteiger partial charge < -0.3 is 10.4 Å². The van der Waals surface area contributed by atoms with Crippen LogP contribution in [-0.2, 0) is 10.0 Å².